The van der Waals surface area contributed by atoms with Crippen molar-refractivity contribution in [2.24, 2.45) is 0 Å². The van der Waals surface area contributed by atoms with E-state index in [1.165, 1.54) is 0 Å². The van der Waals surface area contributed by atoms with Crippen molar-refractivity contribution in [2.75, 3.05) is 12.4 Å². The van der Waals surface area contributed by atoms with Gasteiger partial charge in [-0.15, -0.1) is 0 Å². The van der Waals surface area contributed by atoms with Crippen LogP contribution in [0.4, 0.5) is 5.69 Å². The van der Waals surface area contributed by atoms with Crippen molar-refractivity contribution in [3.05, 3.63) is 94.5 Å². The Hall–Kier alpha value is -3.60. The van der Waals surface area contributed by atoms with Gasteiger partial charge in [-0.2, -0.15) is 0 Å². The summed E-state index contributed by atoms with van der Waals surface area (Å²) < 4.78 is 5.43. The maximum Gasteiger partial charge on any atom is 0.255 e. The predicted molar refractivity (Wildman–Crippen MR) is 119 cm³/mol. The summed E-state index contributed by atoms with van der Waals surface area (Å²) in [5.74, 6) is 0.295. The highest BCUT2D eigenvalue weighted by Crippen LogP contribution is 2.26. The molecule has 2 N–H and O–H groups in total. The summed E-state index contributed by atoms with van der Waals surface area (Å²) in [6, 6.07) is 19.9. The quantitative estimate of drug-likeness (QED) is 0.606. The van der Waals surface area contributed by atoms with E-state index in [4.69, 9.17) is 4.74 Å². The molecule has 0 saturated heterocycles. The molecule has 0 saturated carbocycles. The van der Waals surface area contributed by atoms with Crippen LogP contribution in [0.3, 0.4) is 0 Å². The van der Waals surface area contributed by atoms with Gasteiger partial charge in [0, 0.05) is 22.4 Å². The van der Waals surface area contributed by atoms with Gasteiger partial charge in [-0.1, -0.05) is 42.0 Å². The number of nitrogens with one attached hydrogen (secondary N) is 2. The van der Waals surface area contributed by atoms with E-state index < -0.39 is 0 Å². The fourth-order valence-electron chi connectivity index (χ4n) is 3.23. The summed E-state index contributed by atoms with van der Waals surface area (Å²) in [7, 11) is 1.62. The molecule has 2 amide bonds. The number of hydrogen-bond donors (Lipinski definition) is 2. The fourth-order valence-corrected chi connectivity index (χ4v) is 3.23. The smallest absolute Gasteiger partial charge is 0.255 e. The van der Waals surface area contributed by atoms with E-state index in [0.29, 0.717) is 16.8 Å². The van der Waals surface area contributed by atoms with E-state index in [-0.39, 0.29) is 17.9 Å². The van der Waals surface area contributed by atoms with Crippen LogP contribution in [-0.4, -0.2) is 18.9 Å². The van der Waals surface area contributed by atoms with E-state index in [9.17, 15) is 9.59 Å². The molecule has 0 aromatic heterocycles. The second-order valence-electron chi connectivity index (χ2n) is 7.29. The SMILES string of the molecule is COc1ccc(C)cc1C(C)NC(=O)c1ccc(C)c(NC(=O)c2ccccc2)c1. The van der Waals surface area contributed by atoms with Crippen LogP contribution in [0.1, 0.15) is 50.4 Å². The van der Waals surface area contributed by atoms with E-state index in [2.05, 4.69) is 10.6 Å². The Bertz CT molecular complexity index is 1060. The number of hydrogen-bond acceptors (Lipinski definition) is 3. The summed E-state index contributed by atoms with van der Waals surface area (Å²) >= 11 is 0. The van der Waals surface area contributed by atoms with Crippen LogP contribution in [0.2, 0.25) is 0 Å². The first-order valence-corrected chi connectivity index (χ1v) is 9.81. The van der Waals surface area contributed by atoms with Crippen molar-refractivity contribution in [3.8, 4) is 5.75 Å². The molecule has 5 heteroatoms. The maximum atomic E-state index is 12.9. The number of benzene rings is 3. The third kappa shape index (κ3) is 4.87. The summed E-state index contributed by atoms with van der Waals surface area (Å²) in [6.07, 6.45) is 0. The van der Waals surface area contributed by atoms with Crippen LogP contribution >= 0.6 is 0 Å². The Morgan fingerprint density at radius 3 is 2.30 bits per heavy atom. The van der Waals surface area contributed by atoms with Gasteiger partial charge < -0.3 is 15.4 Å². The molecule has 5 nitrogen and oxygen atoms in total. The molecule has 154 valence electrons. The number of rotatable bonds is 6. The van der Waals surface area contributed by atoms with Crippen molar-refractivity contribution in [1.29, 1.82) is 0 Å². The molecule has 1 unspecified atom stereocenters. The van der Waals surface area contributed by atoms with Gasteiger partial charge in [-0.3, -0.25) is 9.59 Å². The van der Waals surface area contributed by atoms with Gasteiger partial charge >= 0.3 is 0 Å². The molecule has 0 spiro atoms. The number of carbonyl (C=O) groups excluding carboxylic acids is 2. The first kappa shape index (κ1) is 21.1. The van der Waals surface area contributed by atoms with Crippen molar-refractivity contribution in [2.45, 2.75) is 26.8 Å². The zero-order valence-electron chi connectivity index (χ0n) is 17.7. The van der Waals surface area contributed by atoms with Crippen LogP contribution in [0, 0.1) is 13.8 Å². The molecule has 0 aliphatic heterocycles. The van der Waals surface area contributed by atoms with E-state index in [0.717, 1.165) is 22.4 Å². The summed E-state index contributed by atoms with van der Waals surface area (Å²) in [5, 5.41) is 5.91. The number of anilines is 1. The minimum absolute atomic E-state index is 0.214. The molecule has 0 aliphatic carbocycles. The van der Waals surface area contributed by atoms with E-state index in [1.807, 2.05) is 63.2 Å². The number of ether oxygens (including phenoxy) is 1. The molecule has 0 radical (unpaired) electrons. The van der Waals surface area contributed by atoms with Gasteiger partial charge in [-0.05, 0) is 56.7 Å². The van der Waals surface area contributed by atoms with Crippen molar-refractivity contribution in [3.63, 3.8) is 0 Å². The third-order valence-corrected chi connectivity index (χ3v) is 4.98. The molecule has 3 aromatic carbocycles. The highest BCUT2D eigenvalue weighted by atomic mass is 16.5. The molecule has 0 heterocycles. The number of methoxy groups -OCH3 is 1. The van der Waals surface area contributed by atoms with Crippen LogP contribution in [0.5, 0.6) is 5.75 Å². The predicted octanol–water partition coefficient (Wildman–Crippen LogP) is 5.06. The van der Waals surface area contributed by atoms with Crippen LogP contribution in [0.25, 0.3) is 0 Å². The van der Waals surface area contributed by atoms with Gasteiger partial charge in [0.05, 0.1) is 13.2 Å². The van der Waals surface area contributed by atoms with Crippen LogP contribution < -0.4 is 15.4 Å². The van der Waals surface area contributed by atoms with E-state index in [1.54, 1.807) is 31.4 Å². The second-order valence-corrected chi connectivity index (χ2v) is 7.29. The molecular weight excluding hydrogens is 376 g/mol. The zero-order valence-corrected chi connectivity index (χ0v) is 17.7. The highest BCUT2D eigenvalue weighted by molar-refractivity contribution is 6.05. The largest absolute Gasteiger partial charge is 0.496 e. The standard InChI is InChI=1S/C25H26N2O3/c1-16-10-13-23(30-4)21(14-16)18(3)26-25(29)20-12-11-17(2)22(15-20)27-24(28)19-8-6-5-7-9-19/h5-15,18H,1-4H3,(H,26,29)(H,27,28). The molecule has 1 atom stereocenters. The molecule has 3 aromatic rings. The summed E-state index contributed by atoms with van der Waals surface area (Å²) in [6.45, 7) is 5.81. The third-order valence-electron chi connectivity index (χ3n) is 4.98. The Balaban J connectivity index is 1.78. The topological polar surface area (TPSA) is 67.4 Å². The molecule has 0 aliphatic rings. The van der Waals surface area contributed by atoms with Gasteiger partial charge in [0.25, 0.3) is 11.8 Å². The molecular formula is C25H26N2O3. The van der Waals surface area contributed by atoms with Gasteiger partial charge in [-0.25, -0.2) is 0 Å². The first-order valence-electron chi connectivity index (χ1n) is 9.81. The van der Waals surface area contributed by atoms with Crippen LogP contribution in [-0.2, 0) is 0 Å². The minimum Gasteiger partial charge on any atom is -0.496 e. The lowest BCUT2D eigenvalue weighted by Gasteiger charge is -2.18. The number of carbonyl (C=O) groups is 2. The molecule has 0 bridgehead atoms. The lowest BCUT2D eigenvalue weighted by atomic mass is 10.0. The summed E-state index contributed by atoms with van der Waals surface area (Å²) in [4.78, 5) is 25.4. The van der Waals surface area contributed by atoms with Gasteiger partial charge in [0.2, 0.25) is 0 Å². The second kappa shape index (κ2) is 9.27. The average Bonchev–Trinajstić information content (AvgIpc) is 2.75. The van der Waals surface area contributed by atoms with Crippen molar-refractivity contribution < 1.29 is 14.3 Å². The van der Waals surface area contributed by atoms with Gasteiger partial charge in [0.1, 0.15) is 5.75 Å². The zero-order chi connectivity index (χ0) is 21.7. The maximum absolute atomic E-state index is 12.9. The Labute approximate surface area is 177 Å². The van der Waals surface area contributed by atoms with Crippen LogP contribution in [0.15, 0.2) is 66.7 Å². The number of amides is 2. The molecule has 30 heavy (non-hydrogen) atoms. The number of aryl methyl sites for hydroxylation is 2. The van der Waals surface area contributed by atoms with Crippen molar-refractivity contribution in [1.82, 2.24) is 5.32 Å². The minimum atomic E-state index is -0.240. The molecule has 3 rings (SSSR count). The lowest BCUT2D eigenvalue weighted by molar-refractivity contribution is 0.0938. The van der Waals surface area contributed by atoms with Gasteiger partial charge in [0.15, 0.2) is 0 Å². The van der Waals surface area contributed by atoms with Crippen molar-refractivity contribution >= 4 is 17.5 Å². The Kier molecular flexibility index (Phi) is 6.52. The monoisotopic (exact) mass is 402 g/mol. The normalized spacial score (nSPS) is 11.5. The summed E-state index contributed by atoms with van der Waals surface area (Å²) in [5.41, 5.74) is 4.53. The first-order chi connectivity index (χ1) is 14.4. The Morgan fingerprint density at radius 2 is 1.60 bits per heavy atom. The molecule has 0 fully saturated rings. The lowest BCUT2D eigenvalue weighted by Crippen LogP contribution is -2.27. The average molecular weight is 402 g/mol. The Morgan fingerprint density at radius 1 is 0.867 bits per heavy atom. The van der Waals surface area contributed by atoms with E-state index >= 15 is 0 Å². The fraction of sp³-hybridized carbons (Fsp3) is 0.200. The highest BCUT2D eigenvalue weighted by Gasteiger charge is 2.17.